The third kappa shape index (κ3) is 2.71. The molecule has 0 saturated carbocycles. The summed E-state index contributed by atoms with van der Waals surface area (Å²) in [6.45, 7) is 6.01. The van der Waals surface area contributed by atoms with E-state index in [0.717, 1.165) is 47.3 Å². The summed E-state index contributed by atoms with van der Waals surface area (Å²) in [4.78, 5) is 17.6. The second-order valence-electron chi connectivity index (χ2n) is 6.95. The third-order valence-corrected chi connectivity index (χ3v) is 4.79. The maximum absolute atomic E-state index is 13.0. The number of aryl methyl sites for hydroxylation is 2. The van der Waals surface area contributed by atoms with E-state index >= 15 is 0 Å². The van der Waals surface area contributed by atoms with Crippen LogP contribution in [0.2, 0.25) is 0 Å². The van der Waals surface area contributed by atoms with Crippen molar-refractivity contribution in [3.63, 3.8) is 0 Å². The molecule has 0 bridgehead atoms. The minimum Gasteiger partial charge on any atom is -0.469 e. The summed E-state index contributed by atoms with van der Waals surface area (Å²) < 4.78 is 7.37. The zero-order chi connectivity index (χ0) is 17.6. The van der Waals surface area contributed by atoms with Crippen LogP contribution in [0.3, 0.4) is 0 Å². The van der Waals surface area contributed by atoms with Gasteiger partial charge in [-0.05, 0) is 45.7 Å². The summed E-state index contributed by atoms with van der Waals surface area (Å²) in [7, 11) is 0. The van der Waals surface area contributed by atoms with Crippen LogP contribution in [0, 0.1) is 6.92 Å². The van der Waals surface area contributed by atoms with Crippen LogP contribution in [0.15, 0.2) is 29.0 Å². The molecular weight excluding hydrogens is 316 g/mol. The Morgan fingerprint density at radius 3 is 3.08 bits per heavy atom. The largest absolute Gasteiger partial charge is 0.469 e. The number of nitrogens with zero attached hydrogens (tertiary/aromatic N) is 3. The maximum atomic E-state index is 13.0. The van der Waals surface area contributed by atoms with Crippen molar-refractivity contribution in [2.75, 3.05) is 0 Å². The number of furan rings is 1. The summed E-state index contributed by atoms with van der Waals surface area (Å²) in [5.74, 6) is 0.901. The molecule has 3 aromatic heterocycles. The van der Waals surface area contributed by atoms with Crippen LogP contribution in [-0.2, 0) is 6.42 Å². The molecule has 1 aliphatic carbocycles. The predicted octanol–water partition coefficient (Wildman–Crippen LogP) is 3.72. The Balaban J connectivity index is 1.70. The molecule has 6 heteroatoms. The first-order valence-corrected chi connectivity index (χ1v) is 8.76. The molecule has 0 spiro atoms. The molecular formula is C19H22N4O2. The van der Waals surface area contributed by atoms with Crippen molar-refractivity contribution in [1.29, 1.82) is 0 Å². The van der Waals surface area contributed by atoms with Crippen LogP contribution >= 0.6 is 0 Å². The average molecular weight is 338 g/mol. The Hall–Kier alpha value is -2.63. The number of pyridine rings is 1. The van der Waals surface area contributed by atoms with Crippen molar-refractivity contribution in [3.05, 3.63) is 47.2 Å². The van der Waals surface area contributed by atoms with Crippen molar-refractivity contribution in [2.24, 2.45) is 0 Å². The first-order chi connectivity index (χ1) is 12.0. The van der Waals surface area contributed by atoms with Gasteiger partial charge in [-0.15, -0.1) is 0 Å². The first kappa shape index (κ1) is 15.9. The van der Waals surface area contributed by atoms with Gasteiger partial charge in [-0.25, -0.2) is 9.67 Å². The van der Waals surface area contributed by atoms with E-state index in [1.807, 2.05) is 23.7 Å². The molecule has 0 saturated heterocycles. The monoisotopic (exact) mass is 338 g/mol. The van der Waals surface area contributed by atoms with E-state index < -0.39 is 0 Å². The number of fused-ring (bicyclic) bond motifs is 2. The van der Waals surface area contributed by atoms with Gasteiger partial charge in [-0.3, -0.25) is 4.79 Å². The Morgan fingerprint density at radius 1 is 1.44 bits per heavy atom. The molecule has 130 valence electrons. The first-order valence-electron chi connectivity index (χ1n) is 8.76. The quantitative estimate of drug-likeness (QED) is 0.790. The van der Waals surface area contributed by atoms with Gasteiger partial charge >= 0.3 is 0 Å². The molecule has 1 aliphatic rings. The number of carbonyl (C=O) groups excluding carboxylic acids is 1. The van der Waals surface area contributed by atoms with Crippen LogP contribution in [0.1, 0.15) is 66.1 Å². The molecule has 3 aromatic rings. The van der Waals surface area contributed by atoms with Gasteiger partial charge in [0.05, 0.1) is 29.5 Å². The zero-order valence-electron chi connectivity index (χ0n) is 14.7. The molecule has 0 fully saturated rings. The molecule has 4 rings (SSSR count). The van der Waals surface area contributed by atoms with Gasteiger partial charge in [0.15, 0.2) is 5.65 Å². The Morgan fingerprint density at radius 2 is 2.28 bits per heavy atom. The van der Waals surface area contributed by atoms with E-state index in [0.29, 0.717) is 5.56 Å². The lowest BCUT2D eigenvalue weighted by Crippen LogP contribution is -2.30. The molecule has 0 aliphatic heterocycles. The summed E-state index contributed by atoms with van der Waals surface area (Å²) in [6.07, 6.45) is 6.32. The molecule has 0 aromatic carbocycles. The molecule has 3 heterocycles. The fourth-order valence-electron chi connectivity index (χ4n) is 3.58. The van der Waals surface area contributed by atoms with Gasteiger partial charge in [0, 0.05) is 23.7 Å². The normalized spacial score (nSPS) is 17.0. The maximum Gasteiger partial charge on any atom is 0.252 e. The lowest BCUT2D eigenvalue weighted by atomic mass is 9.93. The number of hydrogen-bond donors (Lipinski definition) is 1. The number of aromatic nitrogens is 3. The SMILES string of the molecule is Cc1cc(C(=O)N[C@H]2CCCc3occc32)c2cnn(C(C)C)c2n1. The second-order valence-corrected chi connectivity index (χ2v) is 6.95. The highest BCUT2D eigenvalue weighted by molar-refractivity contribution is 6.05. The highest BCUT2D eigenvalue weighted by atomic mass is 16.3. The smallest absolute Gasteiger partial charge is 0.252 e. The van der Waals surface area contributed by atoms with Crippen LogP contribution < -0.4 is 5.32 Å². The van der Waals surface area contributed by atoms with Crippen LogP contribution in [0.5, 0.6) is 0 Å². The highest BCUT2D eigenvalue weighted by Crippen LogP contribution is 2.31. The Kier molecular flexibility index (Phi) is 3.82. The van der Waals surface area contributed by atoms with Gasteiger partial charge < -0.3 is 9.73 Å². The number of amides is 1. The molecule has 0 unspecified atom stereocenters. The molecule has 1 N–H and O–H groups in total. The van der Waals surface area contributed by atoms with Gasteiger partial charge in [0.2, 0.25) is 0 Å². The van der Waals surface area contributed by atoms with E-state index in [1.165, 1.54) is 0 Å². The zero-order valence-corrected chi connectivity index (χ0v) is 14.7. The molecule has 0 radical (unpaired) electrons. The third-order valence-electron chi connectivity index (χ3n) is 4.79. The standard InChI is InChI=1S/C19H22N4O2/c1-11(2)23-18-15(10-20-23)14(9-12(3)21-18)19(24)22-16-5-4-6-17-13(16)7-8-25-17/h7-11,16H,4-6H2,1-3H3,(H,22,24)/t16-/m0/s1. The Bertz CT molecular complexity index is 938. The van der Waals surface area contributed by atoms with Crippen molar-refractivity contribution >= 4 is 16.9 Å². The molecule has 1 amide bonds. The second kappa shape index (κ2) is 6.02. The highest BCUT2D eigenvalue weighted by Gasteiger charge is 2.25. The number of rotatable bonds is 3. The van der Waals surface area contributed by atoms with Crippen molar-refractivity contribution in [2.45, 2.75) is 52.1 Å². The fourth-order valence-corrected chi connectivity index (χ4v) is 3.58. The number of nitrogens with one attached hydrogen (secondary N) is 1. The Labute approximate surface area is 146 Å². The average Bonchev–Trinajstić information content (AvgIpc) is 3.20. The number of hydrogen-bond acceptors (Lipinski definition) is 4. The van der Waals surface area contributed by atoms with Gasteiger partial charge in [0.1, 0.15) is 5.76 Å². The minimum absolute atomic E-state index is 0.00124. The van der Waals surface area contributed by atoms with Crippen LogP contribution in [-0.4, -0.2) is 20.7 Å². The predicted molar refractivity (Wildman–Crippen MR) is 94.5 cm³/mol. The van der Waals surface area contributed by atoms with Crippen molar-refractivity contribution in [1.82, 2.24) is 20.1 Å². The van der Waals surface area contributed by atoms with E-state index in [4.69, 9.17) is 4.42 Å². The van der Waals surface area contributed by atoms with Crippen LogP contribution in [0.25, 0.3) is 11.0 Å². The van der Waals surface area contributed by atoms with Gasteiger partial charge in [-0.2, -0.15) is 5.10 Å². The lowest BCUT2D eigenvalue weighted by Gasteiger charge is -2.23. The summed E-state index contributed by atoms with van der Waals surface area (Å²) >= 11 is 0. The summed E-state index contributed by atoms with van der Waals surface area (Å²) in [5.41, 5.74) is 3.30. The van der Waals surface area contributed by atoms with Crippen LogP contribution in [0.4, 0.5) is 0 Å². The van der Waals surface area contributed by atoms with Crippen molar-refractivity contribution < 1.29 is 9.21 Å². The van der Waals surface area contributed by atoms with E-state index in [2.05, 4.69) is 29.2 Å². The van der Waals surface area contributed by atoms with Gasteiger partial charge in [-0.1, -0.05) is 0 Å². The minimum atomic E-state index is -0.0853. The number of carbonyl (C=O) groups is 1. The lowest BCUT2D eigenvalue weighted by molar-refractivity contribution is 0.0933. The fraction of sp³-hybridized carbons (Fsp3) is 0.421. The van der Waals surface area contributed by atoms with Crippen molar-refractivity contribution in [3.8, 4) is 0 Å². The summed E-state index contributed by atoms with van der Waals surface area (Å²) in [6, 6.07) is 3.99. The van der Waals surface area contributed by atoms with E-state index in [1.54, 1.807) is 12.5 Å². The molecule has 6 nitrogen and oxygen atoms in total. The molecule has 1 atom stereocenters. The van der Waals surface area contributed by atoms with E-state index in [9.17, 15) is 4.79 Å². The topological polar surface area (TPSA) is 73.0 Å². The van der Waals surface area contributed by atoms with Gasteiger partial charge in [0.25, 0.3) is 5.91 Å². The molecule has 25 heavy (non-hydrogen) atoms. The summed E-state index contributed by atoms with van der Waals surface area (Å²) in [5, 5.41) is 8.38. The van der Waals surface area contributed by atoms with E-state index in [-0.39, 0.29) is 18.0 Å².